The molecule has 5 N–H and O–H groups in total. The number of thiazole rings is 1. The summed E-state index contributed by atoms with van der Waals surface area (Å²) in [4.78, 5) is 23.0. The number of amides is 1. The van der Waals surface area contributed by atoms with E-state index >= 15 is 0 Å². The van der Waals surface area contributed by atoms with E-state index in [2.05, 4.69) is 25.8 Å². The number of ether oxygens (including phenoxy) is 3. The van der Waals surface area contributed by atoms with Crippen LogP contribution in [0.5, 0.6) is 17.2 Å². The minimum Gasteiger partial charge on any atom is -0.493 e. The molecule has 2 aliphatic carbocycles. The van der Waals surface area contributed by atoms with Crippen molar-refractivity contribution >= 4 is 39.6 Å². The van der Waals surface area contributed by atoms with Crippen LogP contribution in [-0.2, 0) is 4.79 Å². The van der Waals surface area contributed by atoms with Crippen LogP contribution < -0.4 is 30.6 Å². The van der Waals surface area contributed by atoms with E-state index in [-0.39, 0.29) is 29.6 Å². The van der Waals surface area contributed by atoms with Gasteiger partial charge in [0.15, 0.2) is 16.6 Å². The highest BCUT2D eigenvalue weighted by Gasteiger charge is 2.33. The van der Waals surface area contributed by atoms with Crippen LogP contribution >= 0.6 is 11.3 Å². The van der Waals surface area contributed by atoms with Crippen molar-refractivity contribution in [3.05, 3.63) is 35.9 Å². The summed E-state index contributed by atoms with van der Waals surface area (Å²) in [7, 11) is 4.65. The number of carbonyl (C=O) groups excluding carboxylic acids is 1. The van der Waals surface area contributed by atoms with Crippen LogP contribution in [0.15, 0.2) is 34.9 Å². The van der Waals surface area contributed by atoms with Crippen molar-refractivity contribution in [1.82, 2.24) is 15.1 Å². The van der Waals surface area contributed by atoms with E-state index in [1.165, 1.54) is 11.3 Å². The molecule has 46 heavy (non-hydrogen) atoms. The summed E-state index contributed by atoms with van der Waals surface area (Å²) in [5.41, 5.74) is 9.30. The summed E-state index contributed by atoms with van der Waals surface area (Å²) in [5.74, 6) is 3.34. The van der Waals surface area contributed by atoms with E-state index in [9.17, 15) is 9.90 Å². The number of nitrogen functional groups attached to an aromatic ring is 1. The average molecular weight is 649 g/mol. The lowest BCUT2D eigenvalue weighted by atomic mass is 9.89. The number of hydrogen-bond acceptors (Lipinski definition) is 12. The van der Waals surface area contributed by atoms with Crippen molar-refractivity contribution in [2.45, 2.75) is 58.0 Å². The molecule has 0 saturated heterocycles. The van der Waals surface area contributed by atoms with Crippen molar-refractivity contribution < 1.29 is 28.6 Å². The van der Waals surface area contributed by atoms with E-state index in [0.717, 1.165) is 56.1 Å². The minimum absolute atomic E-state index is 0.0380. The third kappa shape index (κ3) is 6.75. The SMILES string of the molecule is COc1cc(Nc2nc(N)c(-c3nc(-c4cc(NC(=O)C5CC[C@H]6CC(O)CC[C@@H](C5)C6)ccc4C)no3)s2)cc(OC)c1OC. The normalized spacial score (nSPS) is 21.2. The summed E-state index contributed by atoms with van der Waals surface area (Å²) in [5, 5.41) is 21.3. The number of aliphatic hydroxyl groups is 1. The number of anilines is 4. The molecule has 0 spiro atoms. The second kappa shape index (κ2) is 13.6. The van der Waals surface area contributed by atoms with Gasteiger partial charge in [-0.3, -0.25) is 4.79 Å². The Bertz CT molecular complexity index is 1680. The summed E-state index contributed by atoms with van der Waals surface area (Å²) < 4.78 is 21.9. The van der Waals surface area contributed by atoms with Crippen LogP contribution in [0.25, 0.3) is 22.2 Å². The van der Waals surface area contributed by atoms with Gasteiger partial charge in [0.2, 0.25) is 17.5 Å². The average Bonchev–Trinajstić information content (AvgIpc) is 3.56. The van der Waals surface area contributed by atoms with E-state index in [4.69, 9.17) is 24.5 Å². The number of hydrogen-bond donors (Lipinski definition) is 4. The molecule has 0 radical (unpaired) electrons. The van der Waals surface area contributed by atoms with Crippen LogP contribution in [0.2, 0.25) is 0 Å². The Labute approximate surface area is 271 Å². The van der Waals surface area contributed by atoms with E-state index in [1.54, 1.807) is 33.5 Å². The molecule has 2 bridgehead atoms. The van der Waals surface area contributed by atoms with Crippen molar-refractivity contribution in [2.24, 2.45) is 17.8 Å². The van der Waals surface area contributed by atoms with Crippen LogP contribution in [0, 0.1) is 24.7 Å². The highest BCUT2D eigenvalue weighted by atomic mass is 32.1. The Morgan fingerprint density at radius 3 is 2.43 bits per heavy atom. The number of nitrogens with zero attached hydrogens (tertiary/aromatic N) is 3. The van der Waals surface area contributed by atoms with E-state index in [1.807, 2.05) is 25.1 Å². The number of aromatic nitrogens is 3. The predicted molar refractivity (Wildman–Crippen MR) is 177 cm³/mol. The number of carbonyl (C=O) groups is 1. The highest BCUT2D eigenvalue weighted by molar-refractivity contribution is 7.19. The van der Waals surface area contributed by atoms with E-state index in [0.29, 0.717) is 56.3 Å². The van der Waals surface area contributed by atoms with Crippen LogP contribution in [-0.4, -0.2) is 53.6 Å². The molecule has 2 fully saturated rings. The predicted octanol–water partition coefficient (Wildman–Crippen LogP) is 6.43. The van der Waals surface area contributed by atoms with Gasteiger partial charge in [0, 0.05) is 35.0 Å². The van der Waals surface area contributed by atoms with Gasteiger partial charge < -0.3 is 40.2 Å². The maximum atomic E-state index is 13.4. The van der Waals surface area contributed by atoms with E-state index < -0.39 is 0 Å². The summed E-state index contributed by atoms with van der Waals surface area (Å²) >= 11 is 1.27. The molecule has 2 heterocycles. The zero-order valence-corrected chi connectivity index (χ0v) is 27.3. The first-order chi connectivity index (χ1) is 22.2. The summed E-state index contributed by atoms with van der Waals surface area (Å²) in [6.07, 6.45) is 6.30. The molecule has 2 saturated carbocycles. The van der Waals surface area contributed by atoms with Crippen LogP contribution in [0.1, 0.15) is 50.5 Å². The lowest BCUT2D eigenvalue weighted by molar-refractivity contribution is -0.120. The Morgan fingerprint density at radius 2 is 1.70 bits per heavy atom. The second-order valence-electron chi connectivity index (χ2n) is 12.2. The highest BCUT2D eigenvalue weighted by Crippen LogP contribution is 2.43. The quantitative estimate of drug-likeness (QED) is 0.158. The molecule has 12 nitrogen and oxygen atoms in total. The number of aryl methyl sites for hydroxylation is 1. The number of nitrogens with two attached hydrogens (primary N) is 1. The molecule has 6 rings (SSSR count). The van der Waals surface area contributed by atoms with Gasteiger partial charge in [-0.15, -0.1) is 0 Å². The van der Waals surface area contributed by atoms with Gasteiger partial charge >= 0.3 is 0 Å². The fraction of sp³-hybridized carbons (Fsp3) is 0.455. The number of fused-ring (bicyclic) bond motifs is 2. The monoisotopic (exact) mass is 648 g/mol. The first-order valence-corrected chi connectivity index (χ1v) is 16.3. The zero-order valence-electron chi connectivity index (χ0n) is 26.5. The fourth-order valence-electron chi connectivity index (χ4n) is 6.69. The lowest BCUT2D eigenvalue weighted by Crippen LogP contribution is -2.24. The number of benzene rings is 2. The van der Waals surface area contributed by atoms with Gasteiger partial charge in [-0.2, -0.15) is 4.98 Å². The molecule has 4 atom stereocenters. The van der Waals surface area contributed by atoms with Crippen molar-refractivity contribution in [3.8, 4) is 39.4 Å². The molecular weight excluding hydrogens is 608 g/mol. The molecule has 2 aliphatic rings. The second-order valence-corrected chi connectivity index (χ2v) is 13.2. The Morgan fingerprint density at radius 1 is 0.957 bits per heavy atom. The maximum Gasteiger partial charge on any atom is 0.272 e. The third-order valence-corrected chi connectivity index (χ3v) is 10.0. The maximum absolute atomic E-state index is 13.4. The van der Waals surface area contributed by atoms with Gasteiger partial charge in [-0.25, -0.2) is 4.98 Å². The number of rotatable bonds is 9. The fourth-order valence-corrected chi connectivity index (χ4v) is 7.51. The molecule has 1 amide bonds. The Kier molecular flexibility index (Phi) is 9.32. The van der Waals surface area contributed by atoms with Crippen LogP contribution in [0.3, 0.4) is 0 Å². The molecule has 0 aliphatic heterocycles. The topological polar surface area (TPSA) is 167 Å². The van der Waals surface area contributed by atoms with Crippen molar-refractivity contribution in [2.75, 3.05) is 37.7 Å². The van der Waals surface area contributed by atoms with Gasteiger partial charge in [-0.1, -0.05) is 22.6 Å². The van der Waals surface area contributed by atoms with Crippen molar-refractivity contribution in [1.29, 1.82) is 0 Å². The molecule has 13 heteroatoms. The Hall–Kier alpha value is -4.36. The lowest BCUT2D eigenvalue weighted by Gasteiger charge is -2.20. The molecule has 2 unspecified atom stereocenters. The zero-order chi connectivity index (χ0) is 32.4. The molecule has 4 aromatic rings. The first-order valence-electron chi connectivity index (χ1n) is 15.5. The van der Waals surface area contributed by atoms with Gasteiger partial charge in [0.05, 0.1) is 27.4 Å². The molecule has 244 valence electrons. The molecule has 2 aromatic carbocycles. The summed E-state index contributed by atoms with van der Waals surface area (Å²) in [6.45, 7) is 1.96. The number of aliphatic hydroxyl groups excluding tert-OH is 1. The van der Waals surface area contributed by atoms with Crippen LogP contribution in [0.4, 0.5) is 22.3 Å². The Balaban J connectivity index is 1.17. The molecular formula is C33H40N6O6S. The van der Waals surface area contributed by atoms with Gasteiger partial charge in [-0.05, 0) is 81.4 Å². The minimum atomic E-state index is -0.197. The molecule has 2 aromatic heterocycles. The van der Waals surface area contributed by atoms with Crippen molar-refractivity contribution in [3.63, 3.8) is 0 Å². The number of methoxy groups -OCH3 is 3. The first kappa shape index (κ1) is 31.6. The number of nitrogens with one attached hydrogen (secondary N) is 2. The smallest absolute Gasteiger partial charge is 0.272 e. The van der Waals surface area contributed by atoms with Gasteiger partial charge in [0.1, 0.15) is 10.7 Å². The summed E-state index contributed by atoms with van der Waals surface area (Å²) in [6, 6.07) is 9.26. The standard InChI is InChI=1S/C33H40N6O6S/c1-17-5-9-21(35-31(41)20-8-6-19-11-18(12-20)7-10-23(40)13-19)14-24(17)30-38-32(45-39-30)28-29(34)37-33(46-28)36-22-15-25(42-2)27(44-4)26(16-22)43-3/h5,9,14-16,18-20,23,40H,6-8,10-13,34H2,1-4H3,(H,35,41)(H,36,37)/t18-,19-,20?,23?/m1/s1. The largest absolute Gasteiger partial charge is 0.493 e. The van der Waals surface area contributed by atoms with Gasteiger partial charge in [0.25, 0.3) is 5.89 Å². The third-order valence-electron chi connectivity index (χ3n) is 9.03.